The van der Waals surface area contributed by atoms with Crippen molar-refractivity contribution in [2.24, 2.45) is 5.73 Å². The number of nitrogens with one attached hydrogen (secondary N) is 3. The highest BCUT2D eigenvalue weighted by Gasteiger charge is 2.31. The van der Waals surface area contributed by atoms with Crippen molar-refractivity contribution in [1.82, 2.24) is 16.0 Å². The molecule has 12 heteroatoms. The molecule has 28 heavy (non-hydrogen) atoms. The summed E-state index contributed by atoms with van der Waals surface area (Å²) in [5.74, 6) is -2.09. The van der Waals surface area contributed by atoms with E-state index in [1.807, 2.05) is 12.5 Å². The summed E-state index contributed by atoms with van der Waals surface area (Å²) >= 11 is 2.91. The fraction of sp³-hybridized carbons (Fsp3) is 0.750. The number of thioether (sulfide) groups is 2. The smallest absolute Gasteiger partial charge is 0.326 e. The molecule has 0 fully saturated rings. The third-order valence-electron chi connectivity index (χ3n) is 3.74. The van der Waals surface area contributed by atoms with Gasteiger partial charge in [0.25, 0.3) is 0 Å². The van der Waals surface area contributed by atoms with E-state index in [0.29, 0.717) is 11.5 Å². The molecule has 0 aliphatic heterocycles. The van der Waals surface area contributed by atoms with Gasteiger partial charge in [0.1, 0.15) is 18.1 Å². The molecule has 4 unspecified atom stereocenters. The maximum Gasteiger partial charge on any atom is 0.326 e. The molecule has 0 bridgehead atoms. The Morgan fingerprint density at radius 3 is 1.86 bits per heavy atom. The van der Waals surface area contributed by atoms with Crippen molar-refractivity contribution in [3.63, 3.8) is 0 Å². The first-order chi connectivity index (χ1) is 13.2. The van der Waals surface area contributed by atoms with Crippen LogP contribution in [-0.2, 0) is 19.2 Å². The molecule has 0 rings (SSSR count). The van der Waals surface area contributed by atoms with Crippen LogP contribution in [0.2, 0.25) is 0 Å². The summed E-state index contributed by atoms with van der Waals surface area (Å²) in [5.41, 5.74) is 5.21. The van der Waals surface area contributed by atoms with Crippen LogP contribution >= 0.6 is 23.5 Å². The Bertz CT molecular complexity index is 535. The van der Waals surface area contributed by atoms with Crippen LogP contribution in [0.1, 0.15) is 19.8 Å². The third kappa shape index (κ3) is 10.2. The Morgan fingerprint density at radius 2 is 1.43 bits per heavy atom. The highest BCUT2D eigenvalue weighted by molar-refractivity contribution is 7.98. The molecule has 0 aliphatic rings. The fourth-order valence-corrected chi connectivity index (χ4v) is 3.11. The summed E-state index contributed by atoms with van der Waals surface area (Å²) in [6, 6.07) is -3.36. The maximum absolute atomic E-state index is 12.6. The van der Waals surface area contributed by atoms with Crippen molar-refractivity contribution in [1.29, 1.82) is 0 Å². The quantitative estimate of drug-likeness (QED) is 0.186. The van der Waals surface area contributed by atoms with Gasteiger partial charge in [-0.15, -0.1) is 0 Å². The monoisotopic (exact) mass is 438 g/mol. The van der Waals surface area contributed by atoms with Crippen LogP contribution in [0, 0.1) is 0 Å². The SMILES string of the molecule is CSCCC(NC(=O)C(CCSC)NC(=O)C(NC(=O)CN)C(C)O)C(=O)O. The van der Waals surface area contributed by atoms with Crippen LogP contribution < -0.4 is 21.7 Å². The Labute approximate surface area is 173 Å². The van der Waals surface area contributed by atoms with Gasteiger partial charge in [0.2, 0.25) is 17.7 Å². The molecule has 0 heterocycles. The van der Waals surface area contributed by atoms with Crippen molar-refractivity contribution < 1.29 is 29.4 Å². The molecule has 162 valence electrons. The average molecular weight is 439 g/mol. The van der Waals surface area contributed by atoms with E-state index >= 15 is 0 Å². The molecule has 0 spiro atoms. The van der Waals surface area contributed by atoms with Crippen LogP contribution in [0.5, 0.6) is 0 Å². The lowest BCUT2D eigenvalue weighted by molar-refractivity contribution is -0.142. The summed E-state index contributed by atoms with van der Waals surface area (Å²) < 4.78 is 0. The van der Waals surface area contributed by atoms with Crippen LogP contribution in [0.3, 0.4) is 0 Å². The second-order valence-corrected chi connectivity index (χ2v) is 7.98. The van der Waals surface area contributed by atoms with Crippen LogP contribution in [0.4, 0.5) is 0 Å². The zero-order valence-electron chi connectivity index (χ0n) is 16.3. The fourth-order valence-electron chi connectivity index (χ4n) is 2.17. The lowest BCUT2D eigenvalue weighted by Gasteiger charge is -2.25. The minimum atomic E-state index is -1.28. The van der Waals surface area contributed by atoms with Gasteiger partial charge in [0, 0.05) is 0 Å². The number of carbonyl (C=O) groups is 4. The summed E-state index contributed by atoms with van der Waals surface area (Å²) in [7, 11) is 0. The highest BCUT2D eigenvalue weighted by atomic mass is 32.2. The van der Waals surface area contributed by atoms with E-state index in [9.17, 15) is 29.4 Å². The van der Waals surface area contributed by atoms with E-state index in [4.69, 9.17) is 5.73 Å². The van der Waals surface area contributed by atoms with E-state index in [0.717, 1.165) is 0 Å². The Balaban J connectivity index is 5.20. The summed E-state index contributed by atoms with van der Waals surface area (Å²) in [5, 5.41) is 26.3. The van der Waals surface area contributed by atoms with Crippen LogP contribution in [0.15, 0.2) is 0 Å². The number of rotatable bonds is 14. The van der Waals surface area contributed by atoms with Crippen LogP contribution in [-0.4, -0.2) is 88.7 Å². The first-order valence-electron chi connectivity index (χ1n) is 8.66. The standard InChI is InChI=1S/C16H30N4O6S2/c1-9(21)13(20-12(22)8-17)15(24)18-10(4-6-27-2)14(23)19-11(16(25)26)5-7-28-3/h9-11,13,21H,4-8,17H2,1-3H3,(H,18,24)(H,19,23)(H,20,22)(H,25,26). The van der Waals surface area contributed by atoms with Crippen molar-refractivity contribution in [3.05, 3.63) is 0 Å². The first kappa shape index (κ1) is 26.5. The van der Waals surface area contributed by atoms with Crippen molar-refractivity contribution >= 4 is 47.2 Å². The number of aliphatic carboxylic acids is 1. The largest absolute Gasteiger partial charge is 0.480 e. The number of hydrogen-bond donors (Lipinski definition) is 6. The molecular weight excluding hydrogens is 408 g/mol. The van der Waals surface area contributed by atoms with Gasteiger partial charge in [-0.2, -0.15) is 23.5 Å². The Morgan fingerprint density at radius 1 is 0.929 bits per heavy atom. The molecule has 0 aliphatic carbocycles. The molecule has 0 aromatic carbocycles. The first-order valence-corrected chi connectivity index (χ1v) is 11.5. The number of carboxylic acids is 1. The van der Waals surface area contributed by atoms with E-state index in [1.165, 1.54) is 30.4 Å². The number of nitrogens with two attached hydrogens (primary N) is 1. The summed E-state index contributed by atoms with van der Waals surface area (Å²) in [4.78, 5) is 47.8. The second-order valence-electron chi connectivity index (χ2n) is 6.01. The molecule has 0 aromatic heterocycles. The predicted molar refractivity (Wildman–Crippen MR) is 110 cm³/mol. The van der Waals surface area contributed by atoms with E-state index in [1.54, 1.807) is 0 Å². The van der Waals surface area contributed by atoms with Gasteiger partial charge in [0.05, 0.1) is 12.6 Å². The number of aliphatic hydroxyl groups is 1. The van der Waals surface area contributed by atoms with E-state index in [2.05, 4.69) is 16.0 Å². The molecule has 4 atom stereocenters. The van der Waals surface area contributed by atoms with E-state index in [-0.39, 0.29) is 19.4 Å². The minimum Gasteiger partial charge on any atom is -0.480 e. The average Bonchev–Trinajstić information content (AvgIpc) is 2.65. The lowest BCUT2D eigenvalue weighted by Crippen LogP contribution is -2.58. The van der Waals surface area contributed by atoms with Gasteiger partial charge in [-0.25, -0.2) is 4.79 Å². The molecule has 7 N–H and O–H groups in total. The van der Waals surface area contributed by atoms with Crippen molar-refractivity contribution in [3.8, 4) is 0 Å². The number of hydrogen-bond acceptors (Lipinski definition) is 8. The highest BCUT2D eigenvalue weighted by Crippen LogP contribution is 2.06. The van der Waals surface area contributed by atoms with Gasteiger partial charge >= 0.3 is 5.97 Å². The van der Waals surface area contributed by atoms with Gasteiger partial charge in [0.15, 0.2) is 0 Å². The number of amides is 3. The van der Waals surface area contributed by atoms with Gasteiger partial charge in [-0.3, -0.25) is 14.4 Å². The van der Waals surface area contributed by atoms with Gasteiger partial charge in [-0.1, -0.05) is 0 Å². The molecule has 3 amide bonds. The topological polar surface area (TPSA) is 171 Å². The zero-order valence-corrected chi connectivity index (χ0v) is 17.9. The van der Waals surface area contributed by atoms with Crippen molar-refractivity contribution in [2.75, 3.05) is 30.6 Å². The zero-order chi connectivity index (χ0) is 21.7. The molecule has 0 radical (unpaired) electrons. The number of carbonyl (C=O) groups excluding carboxylic acids is 3. The second kappa shape index (κ2) is 14.5. The van der Waals surface area contributed by atoms with Gasteiger partial charge in [-0.05, 0) is 43.8 Å². The Hall–Kier alpha value is -1.50. The van der Waals surface area contributed by atoms with Crippen LogP contribution in [0.25, 0.3) is 0 Å². The predicted octanol–water partition coefficient (Wildman–Crippen LogP) is -1.63. The molecule has 0 saturated carbocycles. The lowest BCUT2D eigenvalue weighted by atomic mass is 10.1. The number of carboxylic acid groups (broad SMARTS) is 1. The summed E-state index contributed by atoms with van der Waals surface area (Å²) in [6.45, 7) is 0.962. The molecule has 0 aromatic rings. The normalized spacial score (nSPS) is 15.0. The molecule has 0 saturated heterocycles. The Kier molecular flexibility index (Phi) is 13.7. The minimum absolute atomic E-state index is 0.244. The maximum atomic E-state index is 12.6. The molecule has 10 nitrogen and oxygen atoms in total. The summed E-state index contributed by atoms with van der Waals surface area (Å²) in [6.07, 6.45) is 2.94. The van der Waals surface area contributed by atoms with Crippen molar-refractivity contribution in [2.45, 2.75) is 44.0 Å². The third-order valence-corrected chi connectivity index (χ3v) is 5.02. The molecular formula is C16H30N4O6S2. The van der Waals surface area contributed by atoms with E-state index < -0.39 is 47.9 Å². The van der Waals surface area contributed by atoms with Gasteiger partial charge < -0.3 is 31.9 Å². The number of aliphatic hydroxyl groups excluding tert-OH is 1.